The van der Waals surface area contributed by atoms with Gasteiger partial charge in [-0.2, -0.15) is 0 Å². The predicted molar refractivity (Wildman–Crippen MR) is 128 cm³/mol. The van der Waals surface area contributed by atoms with Crippen molar-refractivity contribution >= 4 is 29.5 Å². The fraction of sp³-hybridized carbons (Fsp3) is 0.500. The third-order valence-corrected chi connectivity index (χ3v) is 5.75. The van der Waals surface area contributed by atoms with Crippen molar-refractivity contribution < 1.29 is 43.3 Å². The van der Waals surface area contributed by atoms with Gasteiger partial charge in [0.2, 0.25) is 0 Å². The number of imide groups is 1. The molecule has 2 rings (SSSR count). The number of nitrogens with zero attached hydrogens (tertiary/aromatic N) is 1. The Kier molecular flexibility index (Phi) is 11.4. The predicted octanol–water partition coefficient (Wildman–Crippen LogP) is 2.68. The van der Waals surface area contributed by atoms with Crippen molar-refractivity contribution in [3.63, 3.8) is 0 Å². The highest BCUT2D eigenvalue weighted by Crippen LogP contribution is 2.33. The number of aliphatic hydroxyl groups excluding tert-OH is 1. The van der Waals surface area contributed by atoms with Crippen molar-refractivity contribution in [2.45, 2.75) is 70.3 Å². The minimum atomic E-state index is -1.70. The van der Waals surface area contributed by atoms with E-state index in [0.717, 1.165) is 43.9 Å². The molecule has 36 heavy (non-hydrogen) atoms. The van der Waals surface area contributed by atoms with Gasteiger partial charge >= 0.3 is 12.1 Å². The number of hydrogen-bond donors (Lipinski definition) is 1. The first-order valence-electron chi connectivity index (χ1n) is 11.9. The van der Waals surface area contributed by atoms with Gasteiger partial charge in [0.25, 0.3) is 5.91 Å². The van der Waals surface area contributed by atoms with Gasteiger partial charge < -0.3 is 19.3 Å². The Morgan fingerprint density at radius 3 is 2.33 bits per heavy atom. The summed E-state index contributed by atoms with van der Waals surface area (Å²) in [5, 5.41) is 8.79. The van der Waals surface area contributed by atoms with Crippen LogP contribution in [-0.2, 0) is 33.4 Å². The van der Waals surface area contributed by atoms with Crippen LogP contribution in [-0.4, -0.2) is 71.5 Å². The molecule has 0 radical (unpaired) electrons. The number of ketones is 2. The minimum Gasteiger partial charge on any atom is -0.451 e. The summed E-state index contributed by atoms with van der Waals surface area (Å²) in [6, 6.07) is 8.15. The molecule has 0 bridgehead atoms. The van der Waals surface area contributed by atoms with E-state index in [0.29, 0.717) is 18.4 Å². The summed E-state index contributed by atoms with van der Waals surface area (Å²) < 4.78 is 15.7. The van der Waals surface area contributed by atoms with Crippen molar-refractivity contribution in [1.29, 1.82) is 0 Å². The summed E-state index contributed by atoms with van der Waals surface area (Å²) in [5.41, 5.74) is 0.688. The number of rotatable bonds is 14. The fourth-order valence-electron chi connectivity index (χ4n) is 3.90. The molecule has 1 aliphatic rings. The van der Waals surface area contributed by atoms with Crippen molar-refractivity contribution in [3.8, 4) is 0 Å². The average molecular weight is 504 g/mol. The molecule has 10 nitrogen and oxygen atoms in total. The summed E-state index contributed by atoms with van der Waals surface area (Å²) in [5.74, 6) is -2.89. The normalized spacial score (nSPS) is 19.1. The number of hydrogen-bond acceptors (Lipinski definition) is 9. The lowest BCUT2D eigenvalue weighted by atomic mass is 10.0. The molecule has 10 heteroatoms. The first-order chi connectivity index (χ1) is 17.2. The Bertz CT molecular complexity index is 959. The lowest BCUT2D eigenvalue weighted by molar-refractivity contribution is -0.166. The largest absolute Gasteiger partial charge is 0.451 e. The third kappa shape index (κ3) is 7.82. The minimum absolute atomic E-state index is 0.0973. The molecule has 2 amide bonds. The van der Waals surface area contributed by atoms with Gasteiger partial charge in [-0.3, -0.25) is 19.2 Å². The van der Waals surface area contributed by atoms with Crippen molar-refractivity contribution in [3.05, 3.63) is 48.0 Å². The number of carbonyl (C=O) groups excluding carboxylic acids is 5. The molecular formula is C26H33NO9. The van der Waals surface area contributed by atoms with Crippen LogP contribution in [0.1, 0.15) is 57.6 Å². The van der Waals surface area contributed by atoms with Crippen LogP contribution in [0.25, 0.3) is 0 Å². The Morgan fingerprint density at radius 1 is 1.06 bits per heavy atom. The number of esters is 1. The number of aliphatic hydroxyl groups is 1. The van der Waals surface area contributed by atoms with Crippen LogP contribution in [0.2, 0.25) is 0 Å². The molecule has 1 aromatic carbocycles. The van der Waals surface area contributed by atoms with Crippen molar-refractivity contribution in [1.82, 2.24) is 4.90 Å². The van der Waals surface area contributed by atoms with E-state index in [9.17, 15) is 24.0 Å². The number of allylic oxidation sites excluding steroid dienone is 1. The lowest BCUT2D eigenvalue weighted by Crippen LogP contribution is -2.52. The summed E-state index contributed by atoms with van der Waals surface area (Å²) >= 11 is 0. The number of ether oxygens (including phenoxy) is 3. The molecule has 0 aliphatic carbocycles. The van der Waals surface area contributed by atoms with Crippen molar-refractivity contribution in [2.75, 3.05) is 13.7 Å². The second-order valence-corrected chi connectivity index (χ2v) is 8.44. The Labute approximate surface area is 210 Å². The third-order valence-electron chi connectivity index (χ3n) is 5.75. The van der Waals surface area contributed by atoms with E-state index in [4.69, 9.17) is 19.3 Å². The summed E-state index contributed by atoms with van der Waals surface area (Å²) in [4.78, 5) is 63.4. The molecule has 1 N–H and O–H groups in total. The summed E-state index contributed by atoms with van der Waals surface area (Å²) in [6.07, 6.45) is 0.0607. The molecule has 4 atom stereocenters. The van der Waals surface area contributed by atoms with Gasteiger partial charge in [0.05, 0.1) is 6.04 Å². The monoisotopic (exact) mass is 503 g/mol. The fourth-order valence-corrected chi connectivity index (χ4v) is 3.90. The molecule has 1 aromatic rings. The number of cyclic esters (lactones) is 1. The zero-order chi connectivity index (χ0) is 26.7. The van der Waals surface area contributed by atoms with Gasteiger partial charge in [-0.1, -0.05) is 43.2 Å². The number of benzene rings is 1. The van der Waals surface area contributed by atoms with E-state index >= 15 is 0 Å². The summed E-state index contributed by atoms with van der Waals surface area (Å²) in [6.45, 7) is 2.78. The van der Waals surface area contributed by atoms with Crippen LogP contribution >= 0.6 is 0 Å². The Hall–Kier alpha value is -3.37. The maximum Gasteiger partial charge on any atom is 0.417 e. The zero-order valence-electron chi connectivity index (χ0n) is 20.8. The second-order valence-electron chi connectivity index (χ2n) is 8.44. The molecular weight excluding hydrogens is 470 g/mol. The zero-order valence-corrected chi connectivity index (χ0v) is 20.8. The van der Waals surface area contributed by atoms with Crippen LogP contribution in [0.4, 0.5) is 4.79 Å². The molecule has 1 saturated heterocycles. The molecule has 0 saturated carbocycles. The molecule has 196 valence electrons. The SMILES string of the molecule is CO[C@@H](C(=O)N1C(=O)O[C@@H](c2ccccc2)[C@H]1C)[C@@H](OC(C)=O)C(=O)C=CC(=O)CCCCCCO. The smallest absolute Gasteiger partial charge is 0.417 e. The van der Waals surface area contributed by atoms with Gasteiger partial charge in [0, 0.05) is 27.1 Å². The van der Waals surface area contributed by atoms with Gasteiger partial charge in [0.15, 0.2) is 23.8 Å². The first-order valence-corrected chi connectivity index (χ1v) is 11.9. The first kappa shape index (κ1) is 28.9. The van der Waals surface area contributed by atoms with Gasteiger partial charge in [-0.15, -0.1) is 0 Å². The van der Waals surface area contributed by atoms with Crippen LogP contribution in [0.5, 0.6) is 0 Å². The second kappa shape index (κ2) is 14.3. The van der Waals surface area contributed by atoms with Crippen LogP contribution in [0.15, 0.2) is 42.5 Å². The topological polar surface area (TPSA) is 137 Å². The summed E-state index contributed by atoms with van der Waals surface area (Å²) in [7, 11) is 1.15. The lowest BCUT2D eigenvalue weighted by Gasteiger charge is -2.27. The highest BCUT2D eigenvalue weighted by molar-refractivity contribution is 6.05. The maximum atomic E-state index is 13.3. The molecule has 0 spiro atoms. The quantitative estimate of drug-likeness (QED) is 0.231. The molecule has 1 aliphatic heterocycles. The maximum absolute atomic E-state index is 13.3. The van der Waals surface area contributed by atoms with E-state index in [-0.39, 0.29) is 18.8 Å². The molecule has 0 unspecified atom stereocenters. The standard InChI is InChI=1S/C26H33NO9/c1-17-22(19-11-7-6-8-12-19)36-26(33)27(17)25(32)24(34-3)23(35-18(2)29)21(31)15-14-20(30)13-9-4-5-10-16-28/h6-8,11-12,14-15,17,22-24,28H,4-5,9-10,13,16H2,1-3H3/t17-,22-,23+,24-/m1/s1. The molecule has 0 aromatic heterocycles. The van der Waals surface area contributed by atoms with E-state index in [1.165, 1.54) is 0 Å². The van der Waals surface area contributed by atoms with Gasteiger partial charge in [0.1, 0.15) is 6.10 Å². The highest BCUT2D eigenvalue weighted by Gasteiger charge is 2.48. The van der Waals surface area contributed by atoms with Crippen molar-refractivity contribution in [2.24, 2.45) is 0 Å². The van der Waals surface area contributed by atoms with Gasteiger partial charge in [-0.25, -0.2) is 9.69 Å². The highest BCUT2D eigenvalue weighted by atomic mass is 16.6. The van der Waals surface area contributed by atoms with E-state index in [1.807, 2.05) is 0 Å². The number of unbranched alkanes of at least 4 members (excludes halogenated alkanes) is 3. The van der Waals surface area contributed by atoms with E-state index < -0.39 is 48.1 Å². The molecule has 1 fully saturated rings. The number of carbonyl (C=O) groups is 5. The number of methoxy groups -OCH3 is 1. The van der Waals surface area contributed by atoms with E-state index in [2.05, 4.69) is 0 Å². The van der Waals surface area contributed by atoms with Crippen LogP contribution < -0.4 is 0 Å². The van der Waals surface area contributed by atoms with Crippen LogP contribution in [0, 0.1) is 0 Å². The van der Waals surface area contributed by atoms with Crippen LogP contribution in [0.3, 0.4) is 0 Å². The molecule has 1 heterocycles. The average Bonchev–Trinajstić information content (AvgIpc) is 3.16. The Balaban J connectivity index is 2.14. The Morgan fingerprint density at radius 2 is 1.72 bits per heavy atom. The van der Waals surface area contributed by atoms with E-state index in [1.54, 1.807) is 37.3 Å². The van der Waals surface area contributed by atoms with Gasteiger partial charge in [-0.05, 0) is 37.5 Å². The number of amides is 2.